The van der Waals surface area contributed by atoms with Gasteiger partial charge in [-0.3, -0.25) is 4.79 Å². The van der Waals surface area contributed by atoms with Crippen LogP contribution in [-0.2, 0) is 4.79 Å². The van der Waals surface area contributed by atoms with Gasteiger partial charge >= 0.3 is 0 Å². The normalized spacial score (nSPS) is 19.3. The van der Waals surface area contributed by atoms with E-state index in [1.54, 1.807) is 0 Å². The number of carbonyl (C=O) groups excluding carboxylic acids is 1. The van der Waals surface area contributed by atoms with Crippen LogP contribution < -0.4 is 5.73 Å². The molecular formula is C17H34N2O. The van der Waals surface area contributed by atoms with E-state index >= 15 is 0 Å². The molecule has 0 spiro atoms. The topological polar surface area (TPSA) is 46.3 Å². The number of carbonyl (C=O) groups is 1. The molecule has 3 nitrogen and oxygen atoms in total. The van der Waals surface area contributed by atoms with Crippen LogP contribution >= 0.6 is 0 Å². The molecule has 0 radical (unpaired) electrons. The van der Waals surface area contributed by atoms with Gasteiger partial charge in [0.1, 0.15) is 0 Å². The monoisotopic (exact) mass is 282 g/mol. The molecule has 0 saturated carbocycles. The molecule has 1 fully saturated rings. The second kappa shape index (κ2) is 11.1. The largest absolute Gasteiger partial charge is 0.341 e. The Morgan fingerprint density at radius 2 is 1.65 bits per heavy atom. The van der Waals surface area contributed by atoms with Gasteiger partial charge in [-0.2, -0.15) is 0 Å². The molecule has 1 amide bonds. The summed E-state index contributed by atoms with van der Waals surface area (Å²) in [7, 11) is 0. The van der Waals surface area contributed by atoms with E-state index in [0.29, 0.717) is 5.91 Å². The highest BCUT2D eigenvalue weighted by molar-refractivity contribution is 5.76. The maximum atomic E-state index is 12.0. The number of piperidine rings is 1. The van der Waals surface area contributed by atoms with Crippen LogP contribution in [-0.4, -0.2) is 29.9 Å². The van der Waals surface area contributed by atoms with Crippen molar-refractivity contribution in [1.29, 1.82) is 0 Å². The number of likely N-dealkylation sites (tertiary alicyclic amines) is 1. The third-order valence-electron chi connectivity index (χ3n) is 4.30. The lowest BCUT2D eigenvalue weighted by Gasteiger charge is -2.30. The lowest BCUT2D eigenvalue weighted by molar-refractivity contribution is -0.132. The van der Waals surface area contributed by atoms with Crippen LogP contribution in [0, 0.1) is 0 Å². The second-order valence-electron chi connectivity index (χ2n) is 6.32. The summed E-state index contributed by atoms with van der Waals surface area (Å²) in [5.74, 6) is 0.322. The maximum absolute atomic E-state index is 12.0. The number of hydrogen-bond acceptors (Lipinski definition) is 2. The molecule has 1 heterocycles. The lowest BCUT2D eigenvalue weighted by Crippen LogP contribution is -2.45. The summed E-state index contributed by atoms with van der Waals surface area (Å²) in [6.07, 6.45) is 14.6. The molecule has 2 N–H and O–H groups in total. The molecular weight excluding hydrogens is 248 g/mol. The summed E-state index contributed by atoms with van der Waals surface area (Å²) < 4.78 is 0. The molecule has 1 atom stereocenters. The molecule has 0 aliphatic carbocycles. The highest BCUT2D eigenvalue weighted by Crippen LogP contribution is 2.13. The van der Waals surface area contributed by atoms with Crippen molar-refractivity contribution in [2.75, 3.05) is 13.1 Å². The van der Waals surface area contributed by atoms with Crippen LogP contribution in [0.25, 0.3) is 0 Å². The van der Waals surface area contributed by atoms with Crippen molar-refractivity contribution in [3.63, 3.8) is 0 Å². The minimum atomic E-state index is 0.204. The van der Waals surface area contributed by atoms with Crippen molar-refractivity contribution in [3.8, 4) is 0 Å². The van der Waals surface area contributed by atoms with E-state index in [1.165, 1.54) is 51.4 Å². The highest BCUT2D eigenvalue weighted by atomic mass is 16.2. The number of rotatable bonds is 10. The van der Waals surface area contributed by atoms with Gasteiger partial charge in [0.05, 0.1) is 0 Å². The van der Waals surface area contributed by atoms with Crippen LogP contribution in [0.5, 0.6) is 0 Å². The van der Waals surface area contributed by atoms with Gasteiger partial charge in [-0.1, -0.05) is 58.3 Å². The summed E-state index contributed by atoms with van der Waals surface area (Å²) in [4.78, 5) is 14.0. The molecule has 1 aliphatic rings. The standard InChI is InChI=1S/C17H34N2O/c1-2-3-4-5-6-7-8-9-10-13-17(20)19-14-11-12-16(18)15-19/h16H,2-15,18H2,1H3. The molecule has 0 aromatic carbocycles. The van der Waals surface area contributed by atoms with E-state index in [0.717, 1.165) is 38.8 Å². The Kier molecular flexibility index (Phi) is 9.73. The molecule has 0 bridgehead atoms. The van der Waals surface area contributed by atoms with Gasteiger partial charge in [0.15, 0.2) is 0 Å². The van der Waals surface area contributed by atoms with Gasteiger partial charge in [-0.05, 0) is 19.3 Å². The number of nitrogens with zero attached hydrogens (tertiary/aromatic N) is 1. The van der Waals surface area contributed by atoms with Crippen LogP contribution in [0.2, 0.25) is 0 Å². The van der Waals surface area contributed by atoms with Crippen LogP contribution in [0.1, 0.15) is 84.0 Å². The first-order valence-electron chi connectivity index (χ1n) is 8.77. The van der Waals surface area contributed by atoms with Crippen molar-refractivity contribution >= 4 is 5.91 Å². The first-order valence-corrected chi connectivity index (χ1v) is 8.77. The van der Waals surface area contributed by atoms with E-state index in [2.05, 4.69) is 6.92 Å². The van der Waals surface area contributed by atoms with Gasteiger partial charge in [0.2, 0.25) is 5.91 Å². The van der Waals surface area contributed by atoms with Crippen molar-refractivity contribution in [1.82, 2.24) is 4.90 Å². The van der Waals surface area contributed by atoms with Crippen molar-refractivity contribution in [3.05, 3.63) is 0 Å². The average Bonchev–Trinajstić information content (AvgIpc) is 2.45. The number of unbranched alkanes of at least 4 members (excludes halogenated alkanes) is 8. The minimum Gasteiger partial charge on any atom is -0.341 e. The summed E-state index contributed by atoms with van der Waals surface area (Å²) in [6.45, 7) is 3.95. The van der Waals surface area contributed by atoms with Gasteiger partial charge < -0.3 is 10.6 Å². The van der Waals surface area contributed by atoms with E-state index in [4.69, 9.17) is 5.73 Å². The third kappa shape index (κ3) is 7.88. The fraction of sp³-hybridized carbons (Fsp3) is 0.941. The molecule has 3 heteroatoms. The SMILES string of the molecule is CCCCCCCCCCCC(=O)N1CCCC(N)C1. The summed E-state index contributed by atoms with van der Waals surface area (Å²) in [5, 5.41) is 0. The van der Waals surface area contributed by atoms with Crippen molar-refractivity contribution in [2.45, 2.75) is 90.0 Å². The fourth-order valence-electron chi connectivity index (χ4n) is 2.98. The van der Waals surface area contributed by atoms with Gasteiger partial charge in [-0.15, -0.1) is 0 Å². The van der Waals surface area contributed by atoms with Crippen molar-refractivity contribution in [2.24, 2.45) is 5.73 Å². The Morgan fingerprint density at radius 3 is 2.25 bits per heavy atom. The number of amides is 1. The Balaban J connectivity index is 1.91. The fourth-order valence-corrected chi connectivity index (χ4v) is 2.98. The smallest absolute Gasteiger partial charge is 0.222 e. The zero-order chi connectivity index (χ0) is 14.6. The Hall–Kier alpha value is -0.570. The van der Waals surface area contributed by atoms with E-state index in [1.807, 2.05) is 4.90 Å². The maximum Gasteiger partial charge on any atom is 0.222 e. The zero-order valence-electron chi connectivity index (χ0n) is 13.4. The third-order valence-corrected chi connectivity index (χ3v) is 4.30. The molecule has 0 aromatic heterocycles. The van der Waals surface area contributed by atoms with E-state index < -0.39 is 0 Å². The second-order valence-corrected chi connectivity index (χ2v) is 6.32. The summed E-state index contributed by atoms with van der Waals surface area (Å²) in [5.41, 5.74) is 5.91. The summed E-state index contributed by atoms with van der Waals surface area (Å²) >= 11 is 0. The Labute approximate surface area is 125 Å². The average molecular weight is 282 g/mol. The quantitative estimate of drug-likeness (QED) is 0.618. The van der Waals surface area contributed by atoms with Gasteiger partial charge in [0.25, 0.3) is 0 Å². The predicted octanol–water partition coefficient (Wildman–Crippen LogP) is 3.86. The molecule has 0 aromatic rings. The molecule has 1 rings (SSSR count). The first kappa shape index (κ1) is 17.5. The molecule has 1 saturated heterocycles. The Morgan fingerprint density at radius 1 is 1.05 bits per heavy atom. The Bertz CT molecular complexity index is 255. The van der Waals surface area contributed by atoms with Gasteiger partial charge in [-0.25, -0.2) is 0 Å². The molecule has 20 heavy (non-hydrogen) atoms. The zero-order valence-corrected chi connectivity index (χ0v) is 13.4. The van der Waals surface area contributed by atoms with Crippen molar-refractivity contribution < 1.29 is 4.79 Å². The van der Waals surface area contributed by atoms with Crippen LogP contribution in [0.15, 0.2) is 0 Å². The predicted molar refractivity (Wildman–Crippen MR) is 85.6 cm³/mol. The highest BCUT2D eigenvalue weighted by Gasteiger charge is 2.20. The van der Waals surface area contributed by atoms with Crippen LogP contribution in [0.4, 0.5) is 0 Å². The molecule has 1 aliphatic heterocycles. The van der Waals surface area contributed by atoms with E-state index in [9.17, 15) is 4.79 Å². The molecule has 1 unspecified atom stereocenters. The first-order chi connectivity index (χ1) is 9.74. The number of hydrogen-bond donors (Lipinski definition) is 1. The minimum absolute atomic E-state index is 0.204. The van der Waals surface area contributed by atoms with Crippen LogP contribution in [0.3, 0.4) is 0 Å². The van der Waals surface area contributed by atoms with E-state index in [-0.39, 0.29) is 6.04 Å². The van der Waals surface area contributed by atoms with Gasteiger partial charge in [0, 0.05) is 25.6 Å². The molecule has 118 valence electrons. The lowest BCUT2D eigenvalue weighted by atomic mass is 10.0. The summed E-state index contributed by atoms with van der Waals surface area (Å²) in [6, 6.07) is 0.204. The number of nitrogens with two attached hydrogens (primary N) is 1.